The number of rotatable bonds is 7. The molecule has 1 aliphatic rings. The number of carbonyl (C=O) groups excluding carboxylic acids is 1. The minimum Gasteiger partial charge on any atom is -0.381 e. The number of fused-ring (bicyclic) bond motifs is 1. The van der Waals surface area contributed by atoms with Gasteiger partial charge < -0.3 is 10.2 Å². The molecule has 2 N–H and O–H groups in total. The number of carbonyl (C=O) groups is 1. The zero-order chi connectivity index (χ0) is 29.3. The van der Waals surface area contributed by atoms with Crippen molar-refractivity contribution in [1.29, 1.82) is 0 Å². The molecule has 1 aliphatic heterocycles. The monoisotopic (exact) mass is 604 g/mol. The molecule has 0 saturated carbocycles. The lowest BCUT2D eigenvalue weighted by molar-refractivity contribution is -0.116. The van der Waals surface area contributed by atoms with Gasteiger partial charge in [-0.3, -0.25) is 9.10 Å². The van der Waals surface area contributed by atoms with Crippen molar-refractivity contribution in [3.05, 3.63) is 107 Å². The summed E-state index contributed by atoms with van der Waals surface area (Å²) < 4.78 is 27.4. The van der Waals surface area contributed by atoms with Gasteiger partial charge in [0.25, 0.3) is 5.91 Å². The maximum atomic E-state index is 13.1. The van der Waals surface area contributed by atoms with Crippen LogP contribution in [0.5, 0.6) is 0 Å². The summed E-state index contributed by atoms with van der Waals surface area (Å²) in [4.78, 5) is 23.7. The largest absolute Gasteiger partial charge is 0.381 e. The highest BCUT2D eigenvalue weighted by atomic mass is 32.2. The van der Waals surface area contributed by atoms with Crippen molar-refractivity contribution in [2.45, 2.75) is 6.92 Å². The number of hydrogen-bond acceptors (Lipinski definition) is 7. The molecule has 1 aromatic heterocycles. The molecule has 0 aliphatic carbocycles. The Morgan fingerprint density at radius 2 is 1.80 bits per heavy atom. The lowest BCUT2D eigenvalue weighted by Crippen LogP contribution is -2.25. The number of amides is 1. The molecule has 0 radical (unpaired) electrons. The Kier molecular flexibility index (Phi) is 8.00. The van der Waals surface area contributed by atoms with Gasteiger partial charge >= 0.3 is 0 Å². The quantitative estimate of drug-likeness (QED) is 0.298. The first-order valence-electron chi connectivity index (χ1n) is 12.6. The van der Waals surface area contributed by atoms with Crippen LogP contribution < -0.4 is 16.1 Å². The number of likely N-dealkylation sites (N-methyl/N-ethyl adjacent to an activating group) is 1. The molecule has 3 aromatic carbocycles. The third-order valence-corrected chi connectivity index (χ3v) is 9.49. The van der Waals surface area contributed by atoms with Crippen LogP contribution >= 0.6 is 20.6 Å². The van der Waals surface area contributed by atoms with Crippen LogP contribution in [0.15, 0.2) is 95.8 Å². The fourth-order valence-electron chi connectivity index (χ4n) is 4.40. The standard InChI is InChI=1S/C30H29N4O4PS2/c1-18(34(3)41(4,36)37)23(20-8-7-9-21(16-20)30-32-24-10-5-6-11-26(24)40-30)17-25-27(29(35)31-2)28(38-33-25)19-12-14-22(39)15-13-19/h5-17,33H,39H2,1-4H3,(H,31,35)/b23-18-,25-17-. The number of nitrogens with zero attached hydrogens (tertiary/aromatic N) is 2. The van der Waals surface area contributed by atoms with Gasteiger partial charge in [0.2, 0.25) is 10.0 Å². The summed E-state index contributed by atoms with van der Waals surface area (Å²) in [6.45, 7) is 1.73. The highest BCUT2D eigenvalue weighted by Gasteiger charge is 2.29. The fourth-order valence-corrected chi connectivity index (χ4v) is 6.15. The van der Waals surface area contributed by atoms with Gasteiger partial charge in [-0.25, -0.2) is 18.9 Å². The van der Waals surface area contributed by atoms with Crippen molar-refractivity contribution in [1.82, 2.24) is 20.1 Å². The van der Waals surface area contributed by atoms with E-state index >= 15 is 0 Å². The van der Waals surface area contributed by atoms with Crippen molar-refractivity contribution < 1.29 is 18.0 Å². The van der Waals surface area contributed by atoms with E-state index in [0.29, 0.717) is 28.3 Å². The topological polar surface area (TPSA) is 101 Å². The molecule has 0 saturated heterocycles. The van der Waals surface area contributed by atoms with Crippen LogP contribution in [-0.2, 0) is 19.7 Å². The molecule has 1 atom stereocenters. The van der Waals surface area contributed by atoms with E-state index < -0.39 is 10.0 Å². The second-order valence-electron chi connectivity index (χ2n) is 9.46. The fraction of sp³-hybridized carbons (Fsp3) is 0.133. The molecule has 0 fully saturated rings. The lowest BCUT2D eigenvalue weighted by atomic mass is 9.98. The summed E-state index contributed by atoms with van der Waals surface area (Å²) in [7, 11) is 2.11. The molecule has 8 nitrogen and oxygen atoms in total. The summed E-state index contributed by atoms with van der Waals surface area (Å²) in [6.07, 6.45) is 2.90. The molecule has 210 valence electrons. The van der Waals surface area contributed by atoms with Crippen molar-refractivity contribution in [3.8, 4) is 10.6 Å². The molecule has 0 spiro atoms. The van der Waals surface area contributed by atoms with Gasteiger partial charge in [-0.15, -0.1) is 20.6 Å². The van der Waals surface area contributed by atoms with Crippen molar-refractivity contribution in [3.63, 3.8) is 0 Å². The van der Waals surface area contributed by atoms with Crippen molar-refractivity contribution >= 4 is 63.4 Å². The van der Waals surface area contributed by atoms with E-state index in [2.05, 4.69) is 20.0 Å². The Hall–Kier alpha value is -3.98. The molecule has 2 heterocycles. The number of hydroxylamine groups is 1. The van der Waals surface area contributed by atoms with Crippen LogP contribution in [0.4, 0.5) is 0 Å². The molecular formula is C30H29N4O4PS2. The van der Waals surface area contributed by atoms with Crippen LogP contribution in [0.2, 0.25) is 0 Å². The first-order chi connectivity index (χ1) is 19.6. The second kappa shape index (κ2) is 11.5. The number of aromatic nitrogens is 1. The average molecular weight is 605 g/mol. The smallest absolute Gasteiger partial charge is 0.257 e. The van der Waals surface area contributed by atoms with E-state index in [-0.39, 0.29) is 5.91 Å². The summed E-state index contributed by atoms with van der Waals surface area (Å²) in [5, 5.41) is 4.53. The first kappa shape index (κ1) is 28.5. The zero-order valence-electron chi connectivity index (χ0n) is 22.9. The van der Waals surface area contributed by atoms with Crippen LogP contribution in [0.1, 0.15) is 18.1 Å². The van der Waals surface area contributed by atoms with Gasteiger partial charge in [-0.2, -0.15) is 0 Å². The van der Waals surface area contributed by atoms with Gasteiger partial charge in [0.1, 0.15) is 10.6 Å². The van der Waals surface area contributed by atoms with Gasteiger partial charge in [0.15, 0.2) is 5.76 Å². The molecule has 11 heteroatoms. The second-order valence-corrected chi connectivity index (χ2v) is 13.2. The van der Waals surface area contributed by atoms with Crippen LogP contribution in [0.3, 0.4) is 0 Å². The highest BCUT2D eigenvalue weighted by Crippen LogP contribution is 2.35. The van der Waals surface area contributed by atoms with E-state index in [9.17, 15) is 13.2 Å². The third kappa shape index (κ3) is 5.91. The van der Waals surface area contributed by atoms with Crippen molar-refractivity contribution in [2.75, 3.05) is 20.4 Å². The highest BCUT2D eigenvalue weighted by molar-refractivity contribution is 7.88. The Bertz CT molecular complexity index is 1830. The maximum absolute atomic E-state index is 13.1. The van der Waals surface area contributed by atoms with Gasteiger partial charge in [-0.1, -0.05) is 54.6 Å². The van der Waals surface area contributed by atoms with E-state index in [4.69, 9.17) is 9.82 Å². The minimum absolute atomic E-state index is 0.304. The maximum Gasteiger partial charge on any atom is 0.257 e. The number of allylic oxidation sites excluding steroid dienone is 3. The van der Waals surface area contributed by atoms with Crippen LogP contribution in [0.25, 0.3) is 32.1 Å². The predicted octanol–water partition coefficient (Wildman–Crippen LogP) is 4.66. The lowest BCUT2D eigenvalue weighted by Gasteiger charge is -2.21. The van der Waals surface area contributed by atoms with Gasteiger partial charge in [-0.05, 0) is 42.1 Å². The SMILES string of the molecule is CNC(=O)C1=C(c2ccc(P)cc2)ON/C1=C\C(=C(/C)N(C)S(C)(=O)=O)c1cccc(-c2nc3ccccc3s2)c1. The van der Waals surface area contributed by atoms with E-state index in [1.165, 1.54) is 11.4 Å². The summed E-state index contributed by atoms with van der Waals surface area (Å²) >= 11 is 1.59. The third-order valence-electron chi connectivity index (χ3n) is 6.75. The molecule has 1 amide bonds. The van der Waals surface area contributed by atoms with E-state index in [0.717, 1.165) is 43.5 Å². The number of sulfonamides is 1. The Balaban J connectivity index is 1.68. The molecule has 5 rings (SSSR count). The minimum atomic E-state index is -3.57. The molecule has 0 bridgehead atoms. The van der Waals surface area contributed by atoms with Crippen LogP contribution in [0, 0.1) is 0 Å². The normalized spacial score (nSPS) is 15.0. The zero-order valence-corrected chi connectivity index (χ0v) is 25.7. The van der Waals surface area contributed by atoms with Gasteiger partial charge in [0, 0.05) is 36.5 Å². The number of hydrogen-bond donors (Lipinski definition) is 2. The molecular weight excluding hydrogens is 575 g/mol. The Labute approximate surface area is 245 Å². The Morgan fingerprint density at radius 1 is 1.07 bits per heavy atom. The van der Waals surface area contributed by atoms with Crippen LogP contribution in [-0.4, -0.2) is 44.0 Å². The first-order valence-corrected chi connectivity index (χ1v) is 15.9. The molecule has 1 unspecified atom stereocenters. The van der Waals surface area contributed by atoms with E-state index in [1.807, 2.05) is 72.8 Å². The number of para-hydroxylation sites is 1. The number of nitrogens with one attached hydrogen (secondary N) is 2. The number of thiazole rings is 1. The molecule has 41 heavy (non-hydrogen) atoms. The average Bonchev–Trinajstić information content (AvgIpc) is 3.59. The summed E-state index contributed by atoms with van der Waals surface area (Å²) in [6, 6.07) is 23.3. The summed E-state index contributed by atoms with van der Waals surface area (Å²) in [5.74, 6) is 0.0280. The van der Waals surface area contributed by atoms with E-state index in [1.54, 1.807) is 31.4 Å². The summed E-state index contributed by atoms with van der Waals surface area (Å²) in [5.41, 5.74) is 7.94. The predicted molar refractivity (Wildman–Crippen MR) is 169 cm³/mol. The van der Waals surface area contributed by atoms with Gasteiger partial charge in [0.05, 0.1) is 22.2 Å². The van der Waals surface area contributed by atoms with Crippen molar-refractivity contribution in [2.24, 2.45) is 0 Å². The number of benzene rings is 3. The Morgan fingerprint density at radius 3 is 2.49 bits per heavy atom. The molecule has 4 aromatic rings.